The van der Waals surface area contributed by atoms with E-state index in [1.807, 2.05) is 0 Å². The van der Waals surface area contributed by atoms with Crippen LogP contribution in [0.3, 0.4) is 0 Å². The average Bonchev–Trinajstić information content (AvgIpc) is 3.08. The van der Waals surface area contributed by atoms with Gasteiger partial charge in [0, 0.05) is 37.1 Å². The number of carbonyl (C=O) groups excluding carboxylic acids is 2. The zero-order valence-electron chi connectivity index (χ0n) is 24.9. The van der Waals surface area contributed by atoms with Crippen molar-refractivity contribution < 1.29 is 44.3 Å². The quantitative estimate of drug-likeness (QED) is 0.194. The van der Waals surface area contributed by atoms with E-state index in [2.05, 4.69) is 10.6 Å². The Bertz CT molecular complexity index is 1660. The molecule has 1 fully saturated rings. The smallest absolute Gasteiger partial charge is 0.383 e. The number of halogens is 6. The van der Waals surface area contributed by atoms with Crippen molar-refractivity contribution in [2.24, 2.45) is 0 Å². The Kier molecular flexibility index (Phi) is 9.72. The lowest BCUT2D eigenvalue weighted by Gasteiger charge is -2.27. The summed E-state index contributed by atoms with van der Waals surface area (Å²) in [5, 5.41) is 15.1. The lowest BCUT2D eigenvalue weighted by Crippen LogP contribution is -2.45. The van der Waals surface area contributed by atoms with Gasteiger partial charge in [-0.2, -0.15) is 31.6 Å². The summed E-state index contributed by atoms with van der Waals surface area (Å²) in [5.74, 6) is -0.748. The molecule has 2 aromatic rings. The molecule has 16 heteroatoms. The van der Waals surface area contributed by atoms with E-state index < -0.39 is 66.8 Å². The van der Waals surface area contributed by atoms with Gasteiger partial charge in [-0.25, -0.2) is 18.1 Å². The molecule has 0 aliphatic carbocycles. The van der Waals surface area contributed by atoms with Crippen molar-refractivity contribution in [1.29, 1.82) is 5.26 Å². The maximum Gasteiger partial charge on any atom is 0.417 e. The number of benzene rings is 2. The Hall–Kier alpha value is -4.10. The fourth-order valence-corrected chi connectivity index (χ4v) is 5.43. The molecule has 0 aromatic heterocycles. The molecule has 3 amide bonds. The molecule has 9 nitrogen and oxygen atoms in total. The predicted octanol–water partition coefficient (Wildman–Crippen LogP) is 5.58. The number of rotatable bonds is 10. The second kappa shape index (κ2) is 12.4. The molecule has 0 unspecified atom stereocenters. The van der Waals surface area contributed by atoms with E-state index in [0.29, 0.717) is 17.2 Å². The SMILES string of the molecule is CC(C)(CNc1ccc(S(C)(=O)=O)c(C(F)(F)F)c1)NC/C=C\CN1C(=O)N(c2ccc(C#N)c(C(F)(F)F)c2)C(=O)C1(C)C. The molecule has 1 aliphatic rings. The summed E-state index contributed by atoms with van der Waals surface area (Å²) < 4.78 is 104. The van der Waals surface area contributed by atoms with E-state index in [9.17, 15) is 44.3 Å². The molecule has 1 heterocycles. The van der Waals surface area contributed by atoms with E-state index in [1.54, 1.807) is 26.0 Å². The number of imide groups is 1. The first kappa shape index (κ1) is 35.4. The van der Waals surface area contributed by atoms with Crippen LogP contribution in [0.4, 0.5) is 42.5 Å². The standard InChI is InChI=1S/C29H31F6N5O4S/c1-26(2,17-37-19-9-11-23(45(5,43)44)22(14-19)29(33,34)35)38-12-6-7-13-39-25(42)40(24(41)27(39,3)4)20-10-8-18(16-36)21(15-20)28(30,31)32/h6-11,14-15,37-38H,12-13,17H2,1-5H3/b7-6-. The van der Waals surface area contributed by atoms with Crippen molar-refractivity contribution in [2.75, 3.05) is 36.1 Å². The number of anilines is 2. The summed E-state index contributed by atoms with van der Waals surface area (Å²) in [5.41, 5.74) is -5.53. The second-order valence-electron chi connectivity index (χ2n) is 11.5. The minimum absolute atomic E-state index is 0.0637. The highest BCUT2D eigenvalue weighted by molar-refractivity contribution is 7.90. The molecule has 1 saturated heterocycles. The van der Waals surface area contributed by atoms with Crippen molar-refractivity contribution in [2.45, 2.75) is 56.0 Å². The number of amides is 3. The van der Waals surface area contributed by atoms with Gasteiger partial charge in [0.1, 0.15) is 5.54 Å². The van der Waals surface area contributed by atoms with Gasteiger partial charge in [-0.3, -0.25) is 4.79 Å². The van der Waals surface area contributed by atoms with Crippen LogP contribution in [0.1, 0.15) is 44.4 Å². The number of nitrogens with one attached hydrogen (secondary N) is 2. The summed E-state index contributed by atoms with van der Waals surface area (Å²) in [6.45, 7) is 6.75. The van der Waals surface area contributed by atoms with Gasteiger partial charge in [-0.15, -0.1) is 0 Å². The molecule has 0 bridgehead atoms. The van der Waals surface area contributed by atoms with Gasteiger partial charge in [0.25, 0.3) is 5.91 Å². The highest BCUT2D eigenvalue weighted by Crippen LogP contribution is 2.38. The van der Waals surface area contributed by atoms with Crippen LogP contribution in [0.5, 0.6) is 0 Å². The van der Waals surface area contributed by atoms with Crippen molar-refractivity contribution in [3.05, 3.63) is 65.2 Å². The normalized spacial score (nSPS) is 16.0. The Balaban J connectivity index is 1.65. The van der Waals surface area contributed by atoms with E-state index >= 15 is 0 Å². The van der Waals surface area contributed by atoms with Crippen molar-refractivity contribution in [3.8, 4) is 6.07 Å². The van der Waals surface area contributed by atoms with Crippen molar-refractivity contribution >= 4 is 33.2 Å². The molecule has 3 rings (SSSR count). The molecule has 244 valence electrons. The van der Waals surface area contributed by atoms with Crippen molar-refractivity contribution in [1.82, 2.24) is 10.2 Å². The highest BCUT2D eigenvalue weighted by Gasteiger charge is 2.51. The number of nitrogens with zero attached hydrogens (tertiary/aromatic N) is 3. The first-order valence-electron chi connectivity index (χ1n) is 13.3. The van der Waals surface area contributed by atoms with Gasteiger partial charge in [-0.05, 0) is 64.1 Å². The van der Waals surface area contributed by atoms with Gasteiger partial charge in [0.15, 0.2) is 9.84 Å². The van der Waals surface area contributed by atoms with Gasteiger partial charge in [0.2, 0.25) is 0 Å². The molecular weight excluding hydrogens is 628 g/mol. The van der Waals surface area contributed by atoms with Gasteiger partial charge in [0.05, 0.1) is 33.3 Å². The van der Waals surface area contributed by atoms with E-state index in [4.69, 9.17) is 5.26 Å². The lowest BCUT2D eigenvalue weighted by atomic mass is 10.0. The van der Waals surface area contributed by atoms with Gasteiger partial charge >= 0.3 is 18.4 Å². The number of carbonyl (C=O) groups is 2. The minimum atomic E-state index is -4.88. The van der Waals surface area contributed by atoms with Crippen LogP contribution in [0.15, 0.2) is 53.4 Å². The average molecular weight is 660 g/mol. The molecule has 0 saturated carbocycles. The first-order valence-corrected chi connectivity index (χ1v) is 15.2. The van der Waals surface area contributed by atoms with E-state index in [0.717, 1.165) is 24.3 Å². The van der Waals surface area contributed by atoms with Crippen LogP contribution in [-0.4, -0.2) is 62.2 Å². The Labute approximate surface area is 256 Å². The Morgan fingerprint density at radius 1 is 0.956 bits per heavy atom. The molecule has 1 aliphatic heterocycles. The fraction of sp³-hybridized carbons (Fsp3) is 0.414. The number of nitriles is 1. The molecule has 45 heavy (non-hydrogen) atoms. The van der Waals surface area contributed by atoms with E-state index in [-0.39, 0.29) is 31.0 Å². The zero-order chi connectivity index (χ0) is 34.2. The third kappa shape index (κ3) is 7.95. The second-order valence-corrected chi connectivity index (χ2v) is 13.5. The number of hydrogen-bond donors (Lipinski definition) is 2. The van der Waals surface area contributed by atoms with Crippen LogP contribution in [-0.2, 0) is 27.0 Å². The third-order valence-electron chi connectivity index (χ3n) is 7.08. The largest absolute Gasteiger partial charge is 0.417 e. The van der Waals surface area contributed by atoms with Crippen LogP contribution >= 0.6 is 0 Å². The van der Waals surface area contributed by atoms with Crippen LogP contribution in [0.25, 0.3) is 0 Å². The zero-order valence-corrected chi connectivity index (χ0v) is 25.7. The van der Waals surface area contributed by atoms with Crippen LogP contribution in [0, 0.1) is 11.3 Å². The maximum absolute atomic E-state index is 13.5. The third-order valence-corrected chi connectivity index (χ3v) is 8.24. The van der Waals surface area contributed by atoms with Crippen LogP contribution in [0.2, 0.25) is 0 Å². The number of sulfone groups is 1. The lowest BCUT2D eigenvalue weighted by molar-refractivity contribution is -0.140. The summed E-state index contributed by atoms with van der Waals surface area (Å²) in [6, 6.07) is 6.06. The van der Waals surface area contributed by atoms with Crippen LogP contribution < -0.4 is 15.5 Å². The molecule has 0 atom stereocenters. The number of hydrogen-bond acceptors (Lipinski definition) is 7. The summed E-state index contributed by atoms with van der Waals surface area (Å²) >= 11 is 0. The summed E-state index contributed by atoms with van der Waals surface area (Å²) in [6.07, 6.45) is -5.84. The number of urea groups is 1. The summed E-state index contributed by atoms with van der Waals surface area (Å²) in [4.78, 5) is 27.3. The Morgan fingerprint density at radius 3 is 2.13 bits per heavy atom. The highest BCUT2D eigenvalue weighted by atomic mass is 32.2. The number of alkyl halides is 6. The molecular formula is C29H31F6N5O4S. The van der Waals surface area contributed by atoms with Gasteiger partial charge < -0.3 is 15.5 Å². The van der Waals surface area contributed by atoms with Crippen molar-refractivity contribution in [3.63, 3.8) is 0 Å². The molecule has 2 N–H and O–H groups in total. The maximum atomic E-state index is 13.5. The monoisotopic (exact) mass is 659 g/mol. The van der Waals surface area contributed by atoms with Gasteiger partial charge in [-0.1, -0.05) is 12.2 Å². The molecule has 2 aromatic carbocycles. The fourth-order valence-electron chi connectivity index (χ4n) is 4.54. The first-order chi connectivity index (χ1) is 20.5. The summed E-state index contributed by atoms with van der Waals surface area (Å²) in [7, 11) is -4.11. The Morgan fingerprint density at radius 2 is 1.58 bits per heavy atom. The molecule has 0 radical (unpaired) electrons. The van der Waals surface area contributed by atoms with E-state index in [1.165, 1.54) is 30.9 Å². The predicted molar refractivity (Wildman–Crippen MR) is 154 cm³/mol. The minimum Gasteiger partial charge on any atom is -0.383 e. The molecule has 0 spiro atoms. The topological polar surface area (TPSA) is 123 Å².